The van der Waals surface area contributed by atoms with E-state index in [9.17, 15) is 13.2 Å². The normalized spacial score (nSPS) is 18.2. The summed E-state index contributed by atoms with van der Waals surface area (Å²) < 4.78 is 38.0. The third kappa shape index (κ3) is 6.17. The molecule has 2 N–H and O–H groups in total. The van der Waals surface area contributed by atoms with Gasteiger partial charge in [0.25, 0.3) is 0 Å². The first-order valence-corrected chi connectivity index (χ1v) is 10.5. The number of hydrogen-bond acceptors (Lipinski definition) is 4. The fraction of sp³-hybridized carbons (Fsp3) is 0.500. The predicted octanol–water partition coefficient (Wildman–Crippen LogP) is 3.66. The number of benzene rings is 1. The Balaban J connectivity index is 1.45. The molecule has 0 bridgehead atoms. The summed E-state index contributed by atoms with van der Waals surface area (Å²) in [5, 5.41) is 7.75. The molecule has 1 saturated heterocycles. The Bertz CT molecular complexity index is 816. The molecule has 0 radical (unpaired) electrons. The van der Waals surface area contributed by atoms with Crippen molar-refractivity contribution in [2.75, 3.05) is 20.1 Å². The van der Waals surface area contributed by atoms with E-state index in [1.807, 2.05) is 6.20 Å². The first-order chi connectivity index (χ1) is 13.9. The van der Waals surface area contributed by atoms with Gasteiger partial charge in [0.15, 0.2) is 5.96 Å². The summed E-state index contributed by atoms with van der Waals surface area (Å²) in [6, 6.07) is 5.66. The van der Waals surface area contributed by atoms with Crippen molar-refractivity contribution in [1.29, 1.82) is 0 Å². The second-order valence-electron chi connectivity index (χ2n) is 7.06. The highest BCUT2D eigenvalue weighted by atomic mass is 32.1. The number of aryl methyl sites for hydroxylation is 1. The fourth-order valence-corrected chi connectivity index (χ4v) is 4.09. The number of hydrogen-bond donors (Lipinski definition) is 2. The molecule has 1 atom stereocenters. The third-order valence-corrected chi connectivity index (χ3v) is 6.02. The quantitative estimate of drug-likeness (QED) is 0.548. The lowest BCUT2D eigenvalue weighted by atomic mass is 10.1. The van der Waals surface area contributed by atoms with Crippen LogP contribution in [0.3, 0.4) is 0 Å². The topological polar surface area (TPSA) is 52.6 Å². The molecule has 1 fully saturated rings. The summed E-state index contributed by atoms with van der Waals surface area (Å²) in [4.78, 5) is 12.2. The van der Waals surface area contributed by atoms with Gasteiger partial charge in [-0.15, -0.1) is 11.3 Å². The van der Waals surface area contributed by atoms with Crippen molar-refractivity contribution in [1.82, 2.24) is 20.5 Å². The smallest absolute Gasteiger partial charge is 0.352 e. The van der Waals surface area contributed by atoms with Gasteiger partial charge in [0.05, 0.1) is 12.1 Å². The zero-order valence-electron chi connectivity index (χ0n) is 16.6. The molecule has 9 heteroatoms. The van der Waals surface area contributed by atoms with E-state index in [2.05, 4.69) is 32.4 Å². The minimum atomic E-state index is -4.29. The minimum Gasteiger partial charge on any atom is -0.352 e. The minimum absolute atomic E-state index is 0.248. The molecule has 1 aliphatic rings. The highest BCUT2D eigenvalue weighted by molar-refractivity contribution is 7.11. The maximum Gasteiger partial charge on any atom is 0.416 e. The molecule has 1 aromatic heterocycles. The molecule has 0 aliphatic carbocycles. The standard InChI is InChI=1S/C20H26F3N5S/c1-3-17-10-25-18(29-17)11-26-19(24-2)27-16-8-9-28(13-16)12-14-4-6-15(7-5-14)20(21,22)23/h4-7,10,16H,3,8-9,11-13H2,1-2H3,(H2,24,26,27). The average Bonchev–Trinajstić information content (AvgIpc) is 3.34. The van der Waals surface area contributed by atoms with Gasteiger partial charge < -0.3 is 10.6 Å². The van der Waals surface area contributed by atoms with Crippen molar-refractivity contribution >= 4 is 17.3 Å². The summed E-state index contributed by atoms with van der Waals surface area (Å²) >= 11 is 1.70. The van der Waals surface area contributed by atoms with E-state index in [0.29, 0.717) is 13.1 Å². The number of guanidine groups is 1. The number of thiazole rings is 1. The number of halogens is 3. The van der Waals surface area contributed by atoms with Gasteiger partial charge in [-0.1, -0.05) is 19.1 Å². The number of nitrogens with one attached hydrogen (secondary N) is 2. The van der Waals surface area contributed by atoms with Crippen molar-refractivity contribution in [3.8, 4) is 0 Å². The van der Waals surface area contributed by atoms with E-state index < -0.39 is 11.7 Å². The molecular weight excluding hydrogens is 399 g/mol. The first-order valence-electron chi connectivity index (χ1n) is 9.66. The summed E-state index contributed by atoms with van der Waals surface area (Å²) in [5.74, 6) is 0.736. The molecule has 158 valence electrons. The Kier molecular flexibility index (Phi) is 7.13. The van der Waals surface area contributed by atoms with Gasteiger partial charge in [0.1, 0.15) is 5.01 Å². The van der Waals surface area contributed by atoms with Crippen molar-refractivity contribution < 1.29 is 13.2 Å². The predicted molar refractivity (Wildman–Crippen MR) is 110 cm³/mol. The molecule has 29 heavy (non-hydrogen) atoms. The fourth-order valence-electron chi connectivity index (χ4n) is 3.29. The molecule has 2 aromatic rings. The Morgan fingerprint density at radius 1 is 1.31 bits per heavy atom. The van der Waals surface area contributed by atoms with Crippen LogP contribution in [0, 0.1) is 0 Å². The van der Waals surface area contributed by atoms with Crippen molar-refractivity contribution in [3.05, 3.63) is 51.5 Å². The lowest BCUT2D eigenvalue weighted by Gasteiger charge is -2.19. The number of nitrogens with zero attached hydrogens (tertiary/aromatic N) is 3. The number of aliphatic imine (C=N–C) groups is 1. The van der Waals surface area contributed by atoms with Gasteiger partial charge in [-0.2, -0.15) is 13.2 Å². The van der Waals surface area contributed by atoms with Crippen LogP contribution in [0.1, 0.15) is 34.4 Å². The van der Waals surface area contributed by atoms with Crippen LogP contribution in [0.4, 0.5) is 13.2 Å². The molecule has 1 aromatic carbocycles. The number of rotatable bonds is 6. The zero-order chi connectivity index (χ0) is 20.9. The van der Waals surface area contributed by atoms with E-state index in [1.165, 1.54) is 4.88 Å². The molecular formula is C20H26F3N5S. The second kappa shape index (κ2) is 9.58. The van der Waals surface area contributed by atoms with Gasteiger partial charge in [-0.3, -0.25) is 9.89 Å². The van der Waals surface area contributed by atoms with Gasteiger partial charge in [-0.25, -0.2) is 4.98 Å². The summed E-state index contributed by atoms with van der Waals surface area (Å²) in [5.41, 5.74) is 0.278. The van der Waals surface area contributed by atoms with Crippen LogP contribution in [0.5, 0.6) is 0 Å². The molecule has 0 saturated carbocycles. The maximum absolute atomic E-state index is 12.7. The van der Waals surface area contributed by atoms with Crippen LogP contribution in [0.15, 0.2) is 35.5 Å². The Hall–Kier alpha value is -2.13. The highest BCUT2D eigenvalue weighted by Crippen LogP contribution is 2.29. The molecule has 3 rings (SSSR count). The number of likely N-dealkylation sites (tertiary alicyclic amines) is 1. The van der Waals surface area contributed by atoms with E-state index in [0.717, 1.165) is 54.6 Å². The summed E-state index contributed by atoms with van der Waals surface area (Å²) in [7, 11) is 1.74. The van der Waals surface area contributed by atoms with Crippen LogP contribution in [0.25, 0.3) is 0 Å². The molecule has 0 spiro atoms. The van der Waals surface area contributed by atoms with Crippen LogP contribution < -0.4 is 10.6 Å². The SMILES string of the molecule is CCc1cnc(CNC(=NC)NC2CCN(Cc3ccc(C(F)(F)F)cc3)C2)s1. The average molecular weight is 426 g/mol. The van der Waals surface area contributed by atoms with Crippen molar-refractivity contribution in [2.24, 2.45) is 4.99 Å². The van der Waals surface area contributed by atoms with Crippen LogP contribution in [-0.4, -0.2) is 42.0 Å². The molecule has 0 amide bonds. The first kappa shape index (κ1) is 21.6. The summed E-state index contributed by atoms with van der Waals surface area (Å²) in [6.45, 7) is 5.09. The number of alkyl halides is 3. The Morgan fingerprint density at radius 2 is 2.07 bits per heavy atom. The van der Waals surface area contributed by atoms with Gasteiger partial charge >= 0.3 is 6.18 Å². The highest BCUT2D eigenvalue weighted by Gasteiger charge is 2.30. The summed E-state index contributed by atoms with van der Waals surface area (Å²) in [6.07, 6.45) is -0.436. The lowest BCUT2D eigenvalue weighted by molar-refractivity contribution is -0.137. The van der Waals surface area contributed by atoms with Gasteiger partial charge in [0.2, 0.25) is 0 Å². The van der Waals surface area contributed by atoms with E-state index >= 15 is 0 Å². The van der Waals surface area contributed by atoms with Gasteiger partial charge in [-0.05, 0) is 30.5 Å². The Labute approximate surface area is 173 Å². The van der Waals surface area contributed by atoms with E-state index in [1.54, 1.807) is 30.5 Å². The van der Waals surface area contributed by atoms with Crippen LogP contribution >= 0.6 is 11.3 Å². The maximum atomic E-state index is 12.7. The van der Waals surface area contributed by atoms with Crippen LogP contribution in [-0.2, 0) is 25.7 Å². The second-order valence-corrected chi connectivity index (χ2v) is 8.26. The monoisotopic (exact) mass is 425 g/mol. The zero-order valence-corrected chi connectivity index (χ0v) is 17.4. The molecule has 1 unspecified atom stereocenters. The largest absolute Gasteiger partial charge is 0.416 e. The van der Waals surface area contributed by atoms with Crippen molar-refractivity contribution in [3.63, 3.8) is 0 Å². The Morgan fingerprint density at radius 3 is 2.69 bits per heavy atom. The lowest BCUT2D eigenvalue weighted by Crippen LogP contribution is -2.44. The molecule has 5 nitrogen and oxygen atoms in total. The molecule has 2 heterocycles. The third-order valence-electron chi connectivity index (χ3n) is 4.88. The molecule has 1 aliphatic heterocycles. The van der Waals surface area contributed by atoms with E-state index in [4.69, 9.17) is 0 Å². The van der Waals surface area contributed by atoms with E-state index in [-0.39, 0.29) is 6.04 Å². The number of aromatic nitrogens is 1. The van der Waals surface area contributed by atoms with Crippen molar-refractivity contribution in [2.45, 2.75) is 45.1 Å². The van der Waals surface area contributed by atoms with Crippen LogP contribution in [0.2, 0.25) is 0 Å². The van der Waals surface area contributed by atoms with Gasteiger partial charge in [0, 0.05) is 43.8 Å².